The fourth-order valence-electron chi connectivity index (χ4n) is 1.45. The third-order valence-electron chi connectivity index (χ3n) is 2.31. The van der Waals surface area contributed by atoms with E-state index in [1.807, 2.05) is 6.07 Å². The molecule has 0 unspecified atom stereocenters. The Bertz CT molecular complexity index is 605. The summed E-state index contributed by atoms with van der Waals surface area (Å²) in [4.78, 5) is 24.9. The van der Waals surface area contributed by atoms with Gasteiger partial charge in [-0.05, 0) is 11.6 Å². The second-order valence-corrected chi connectivity index (χ2v) is 4.08. The molecule has 1 aromatic heterocycles. The molecule has 6 nitrogen and oxygen atoms in total. The largest absolute Gasteiger partial charge is 0.349 e. The maximum Gasteiger partial charge on any atom is 0.340 e. The van der Waals surface area contributed by atoms with E-state index >= 15 is 0 Å². The van der Waals surface area contributed by atoms with Gasteiger partial charge in [-0.1, -0.05) is 29.8 Å². The highest BCUT2D eigenvalue weighted by Gasteiger charge is 2.07. The smallest absolute Gasteiger partial charge is 0.340 e. The lowest BCUT2D eigenvalue weighted by Gasteiger charge is -2.04. The molecule has 0 saturated heterocycles. The third-order valence-corrected chi connectivity index (χ3v) is 2.68. The molecule has 0 radical (unpaired) electrons. The van der Waals surface area contributed by atoms with E-state index < -0.39 is 5.69 Å². The third kappa shape index (κ3) is 3.21. The standard InChI is InChI=1S/C11H11ClN4O2/c12-8-4-2-1-3-7(8)5-10(17)13-6-9-14-11(18)16-15-9/h1-4H,5-6H2,(H,13,17)(H2,14,15,16,18). The topological polar surface area (TPSA) is 90.6 Å². The van der Waals surface area contributed by atoms with E-state index in [0.717, 1.165) is 5.56 Å². The van der Waals surface area contributed by atoms with Crippen molar-refractivity contribution < 1.29 is 4.79 Å². The first-order chi connectivity index (χ1) is 8.65. The Morgan fingerprint density at radius 2 is 2.17 bits per heavy atom. The summed E-state index contributed by atoms with van der Waals surface area (Å²) < 4.78 is 0. The van der Waals surface area contributed by atoms with Crippen LogP contribution in [0, 0.1) is 0 Å². The summed E-state index contributed by atoms with van der Waals surface area (Å²) in [6, 6.07) is 7.14. The number of carbonyl (C=O) groups excluding carboxylic acids is 1. The number of nitrogens with one attached hydrogen (secondary N) is 3. The van der Waals surface area contributed by atoms with Crippen LogP contribution in [0.25, 0.3) is 0 Å². The lowest BCUT2D eigenvalue weighted by molar-refractivity contribution is -0.120. The van der Waals surface area contributed by atoms with Crippen molar-refractivity contribution in [2.24, 2.45) is 0 Å². The Labute approximate surface area is 107 Å². The van der Waals surface area contributed by atoms with Gasteiger partial charge in [-0.3, -0.25) is 9.78 Å². The highest BCUT2D eigenvalue weighted by Crippen LogP contribution is 2.15. The Morgan fingerprint density at radius 3 is 2.83 bits per heavy atom. The van der Waals surface area contributed by atoms with Crippen molar-refractivity contribution in [1.82, 2.24) is 20.5 Å². The van der Waals surface area contributed by atoms with Crippen LogP contribution >= 0.6 is 11.6 Å². The van der Waals surface area contributed by atoms with Gasteiger partial charge >= 0.3 is 5.69 Å². The summed E-state index contributed by atoms with van der Waals surface area (Å²) in [6.45, 7) is 0.169. The molecule has 2 rings (SSSR count). The van der Waals surface area contributed by atoms with Gasteiger partial charge in [-0.25, -0.2) is 9.89 Å². The highest BCUT2D eigenvalue weighted by molar-refractivity contribution is 6.31. The molecule has 0 saturated carbocycles. The predicted octanol–water partition coefficient (Wildman–Crippen LogP) is 0.610. The lowest BCUT2D eigenvalue weighted by Crippen LogP contribution is -2.25. The minimum atomic E-state index is -0.398. The number of amides is 1. The number of H-pyrrole nitrogens is 2. The van der Waals surface area contributed by atoms with Gasteiger partial charge in [-0.15, -0.1) is 0 Å². The molecule has 0 aliphatic rings. The maximum atomic E-state index is 11.6. The van der Waals surface area contributed by atoms with Crippen LogP contribution < -0.4 is 11.0 Å². The second-order valence-electron chi connectivity index (χ2n) is 3.67. The van der Waals surface area contributed by atoms with Crippen molar-refractivity contribution in [3.05, 3.63) is 51.2 Å². The maximum absolute atomic E-state index is 11.6. The van der Waals surface area contributed by atoms with Gasteiger partial charge in [0, 0.05) is 5.02 Å². The molecule has 1 heterocycles. The van der Waals surface area contributed by atoms with Gasteiger partial charge in [-0.2, -0.15) is 5.10 Å². The average molecular weight is 267 g/mol. The molecule has 18 heavy (non-hydrogen) atoms. The molecule has 0 fully saturated rings. The molecule has 0 atom stereocenters. The van der Waals surface area contributed by atoms with Crippen LogP contribution in [0.2, 0.25) is 5.02 Å². The van der Waals surface area contributed by atoms with Crippen molar-refractivity contribution in [2.75, 3.05) is 0 Å². The van der Waals surface area contributed by atoms with Crippen molar-refractivity contribution in [3.63, 3.8) is 0 Å². The van der Waals surface area contributed by atoms with Crippen molar-refractivity contribution >= 4 is 17.5 Å². The molecule has 3 N–H and O–H groups in total. The number of halogens is 1. The lowest BCUT2D eigenvalue weighted by atomic mass is 10.1. The molecular formula is C11H11ClN4O2. The van der Waals surface area contributed by atoms with Gasteiger partial charge in [0.2, 0.25) is 5.91 Å². The summed E-state index contributed by atoms with van der Waals surface area (Å²) >= 11 is 5.94. The minimum Gasteiger partial charge on any atom is -0.349 e. The molecular weight excluding hydrogens is 256 g/mol. The summed E-state index contributed by atoms with van der Waals surface area (Å²) in [5.41, 5.74) is 0.359. The Balaban J connectivity index is 1.90. The highest BCUT2D eigenvalue weighted by atomic mass is 35.5. The summed E-state index contributed by atoms with van der Waals surface area (Å²) in [7, 11) is 0. The van der Waals surface area contributed by atoms with E-state index in [2.05, 4.69) is 20.5 Å². The molecule has 1 aromatic carbocycles. The number of aromatic nitrogens is 3. The number of nitrogens with zero attached hydrogens (tertiary/aromatic N) is 1. The first-order valence-corrected chi connectivity index (χ1v) is 5.66. The van der Waals surface area contributed by atoms with Crippen LogP contribution in [0.15, 0.2) is 29.1 Å². The van der Waals surface area contributed by atoms with Crippen LogP contribution in [0.4, 0.5) is 0 Å². The first kappa shape index (κ1) is 12.4. The molecule has 0 spiro atoms. The monoisotopic (exact) mass is 266 g/mol. The zero-order valence-electron chi connectivity index (χ0n) is 9.37. The molecule has 0 aliphatic heterocycles. The molecule has 7 heteroatoms. The van der Waals surface area contributed by atoms with E-state index in [1.165, 1.54) is 0 Å². The normalized spacial score (nSPS) is 10.3. The number of aromatic amines is 2. The number of carbonyl (C=O) groups is 1. The summed E-state index contributed by atoms with van der Waals surface area (Å²) in [5.74, 6) is 0.194. The van der Waals surface area contributed by atoms with Crippen LogP contribution in [0.5, 0.6) is 0 Å². The quantitative estimate of drug-likeness (QED) is 0.757. The molecule has 0 aliphatic carbocycles. The van der Waals surface area contributed by atoms with Gasteiger partial charge in [0.05, 0.1) is 13.0 Å². The average Bonchev–Trinajstić information content (AvgIpc) is 2.76. The van der Waals surface area contributed by atoms with Crippen molar-refractivity contribution in [3.8, 4) is 0 Å². The number of rotatable bonds is 4. The van der Waals surface area contributed by atoms with E-state index in [-0.39, 0.29) is 18.9 Å². The fraction of sp³-hybridized carbons (Fsp3) is 0.182. The fourth-order valence-corrected chi connectivity index (χ4v) is 1.65. The molecule has 94 valence electrons. The molecule has 0 bridgehead atoms. The molecule has 1 amide bonds. The van der Waals surface area contributed by atoms with Crippen molar-refractivity contribution in [1.29, 1.82) is 0 Å². The Morgan fingerprint density at radius 1 is 1.39 bits per heavy atom. The number of hydrogen-bond donors (Lipinski definition) is 3. The zero-order chi connectivity index (χ0) is 13.0. The second kappa shape index (κ2) is 5.50. The summed E-state index contributed by atoms with van der Waals surface area (Å²) in [5, 5.41) is 9.09. The van der Waals surface area contributed by atoms with Crippen LogP contribution in [-0.2, 0) is 17.8 Å². The number of benzene rings is 1. The van der Waals surface area contributed by atoms with Crippen LogP contribution in [-0.4, -0.2) is 21.1 Å². The Hall–Kier alpha value is -2.08. The minimum absolute atomic E-state index is 0.169. The molecule has 2 aromatic rings. The Kier molecular flexibility index (Phi) is 3.78. The van der Waals surface area contributed by atoms with Gasteiger partial charge < -0.3 is 5.32 Å². The summed E-state index contributed by atoms with van der Waals surface area (Å²) in [6.07, 6.45) is 0.189. The van der Waals surface area contributed by atoms with E-state index in [9.17, 15) is 9.59 Å². The van der Waals surface area contributed by atoms with Gasteiger partial charge in [0.25, 0.3) is 0 Å². The van der Waals surface area contributed by atoms with Crippen LogP contribution in [0.3, 0.4) is 0 Å². The zero-order valence-corrected chi connectivity index (χ0v) is 10.1. The van der Waals surface area contributed by atoms with E-state index in [0.29, 0.717) is 10.8 Å². The van der Waals surface area contributed by atoms with Crippen LogP contribution in [0.1, 0.15) is 11.4 Å². The SMILES string of the molecule is O=C(Cc1ccccc1Cl)NCc1n[nH]c(=O)[nH]1. The van der Waals surface area contributed by atoms with E-state index in [1.54, 1.807) is 18.2 Å². The van der Waals surface area contributed by atoms with E-state index in [4.69, 9.17) is 11.6 Å². The van der Waals surface area contributed by atoms with Gasteiger partial charge in [0.15, 0.2) is 0 Å². The van der Waals surface area contributed by atoms with Crippen molar-refractivity contribution in [2.45, 2.75) is 13.0 Å². The predicted molar refractivity (Wildman–Crippen MR) is 66.2 cm³/mol. The van der Waals surface area contributed by atoms with Gasteiger partial charge in [0.1, 0.15) is 5.82 Å². The first-order valence-electron chi connectivity index (χ1n) is 5.29. The number of hydrogen-bond acceptors (Lipinski definition) is 3.